The first-order valence-corrected chi connectivity index (χ1v) is 7.78. The van der Waals surface area contributed by atoms with Crippen molar-refractivity contribution < 1.29 is 19.1 Å². The lowest BCUT2D eigenvalue weighted by atomic mass is 10.1. The van der Waals surface area contributed by atoms with E-state index in [1.54, 1.807) is 21.0 Å². The second-order valence-corrected chi connectivity index (χ2v) is 5.85. The molecule has 1 aromatic heterocycles. The number of H-pyrrole nitrogens is 1. The lowest BCUT2D eigenvalue weighted by molar-refractivity contribution is 0.0387. The summed E-state index contributed by atoms with van der Waals surface area (Å²) in [5.41, 5.74) is 2.22. The Morgan fingerprint density at radius 3 is 2.39 bits per heavy atom. The van der Waals surface area contributed by atoms with Gasteiger partial charge in [-0.2, -0.15) is 0 Å². The standard InChI is InChI=1S/C16H25N3O4/c1-11-13(16(21)23-10-9-22-4)12(2)17-14(11)15(20)19-7-5-18(3)6-8-19/h17H,5-10H2,1-4H3. The third-order valence-corrected chi connectivity index (χ3v) is 4.17. The molecule has 0 aromatic carbocycles. The molecule has 1 aromatic rings. The Bertz CT molecular complexity index is 574. The van der Waals surface area contributed by atoms with Crippen molar-refractivity contribution in [3.8, 4) is 0 Å². The number of ether oxygens (including phenoxy) is 2. The number of piperazine rings is 1. The first kappa shape index (κ1) is 17.5. The van der Waals surface area contributed by atoms with E-state index >= 15 is 0 Å². The number of carbonyl (C=O) groups is 2. The Morgan fingerprint density at radius 2 is 1.78 bits per heavy atom. The van der Waals surface area contributed by atoms with E-state index in [2.05, 4.69) is 9.88 Å². The number of likely N-dealkylation sites (N-methyl/N-ethyl adjacent to an activating group) is 1. The maximum atomic E-state index is 12.7. The fourth-order valence-corrected chi connectivity index (χ4v) is 2.73. The number of hydrogen-bond donors (Lipinski definition) is 1. The van der Waals surface area contributed by atoms with Crippen molar-refractivity contribution in [1.82, 2.24) is 14.8 Å². The largest absolute Gasteiger partial charge is 0.460 e. The normalized spacial score (nSPS) is 15.7. The van der Waals surface area contributed by atoms with Crippen LogP contribution in [0.3, 0.4) is 0 Å². The van der Waals surface area contributed by atoms with Gasteiger partial charge in [-0.1, -0.05) is 0 Å². The van der Waals surface area contributed by atoms with Crippen LogP contribution in [0.1, 0.15) is 32.1 Å². The summed E-state index contributed by atoms with van der Waals surface area (Å²) in [4.78, 5) is 31.9. The number of aryl methyl sites for hydroxylation is 1. The van der Waals surface area contributed by atoms with Crippen LogP contribution in [0.5, 0.6) is 0 Å². The maximum Gasteiger partial charge on any atom is 0.340 e. The monoisotopic (exact) mass is 323 g/mol. The van der Waals surface area contributed by atoms with Crippen LogP contribution >= 0.6 is 0 Å². The van der Waals surface area contributed by atoms with Gasteiger partial charge in [0, 0.05) is 39.0 Å². The Morgan fingerprint density at radius 1 is 1.13 bits per heavy atom. The van der Waals surface area contributed by atoms with Crippen LogP contribution in [-0.4, -0.2) is 80.2 Å². The van der Waals surface area contributed by atoms with Gasteiger partial charge in [0.2, 0.25) is 0 Å². The number of hydrogen-bond acceptors (Lipinski definition) is 5. The Balaban J connectivity index is 2.13. The molecule has 2 heterocycles. The molecular weight excluding hydrogens is 298 g/mol. The summed E-state index contributed by atoms with van der Waals surface area (Å²) in [6.07, 6.45) is 0. The zero-order chi connectivity index (χ0) is 17.0. The second-order valence-electron chi connectivity index (χ2n) is 5.85. The predicted molar refractivity (Wildman–Crippen MR) is 85.8 cm³/mol. The fourth-order valence-electron chi connectivity index (χ4n) is 2.73. The van der Waals surface area contributed by atoms with Crippen molar-refractivity contribution in [2.24, 2.45) is 0 Å². The number of esters is 1. The van der Waals surface area contributed by atoms with E-state index in [1.807, 2.05) is 11.9 Å². The molecule has 128 valence electrons. The number of nitrogens with one attached hydrogen (secondary N) is 1. The number of aromatic nitrogens is 1. The molecule has 0 radical (unpaired) electrons. The van der Waals surface area contributed by atoms with Crippen LogP contribution in [-0.2, 0) is 9.47 Å². The lowest BCUT2D eigenvalue weighted by Gasteiger charge is -2.32. The molecule has 7 nitrogen and oxygen atoms in total. The number of rotatable bonds is 5. The van der Waals surface area contributed by atoms with Gasteiger partial charge in [0.15, 0.2) is 0 Å². The SMILES string of the molecule is COCCOC(=O)c1c(C)[nH]c(C(=O)N2CCN(C)CC2)c1C. The summed E-state index contributed by atoms with van der Waals surface area (Å²) in [7, 11) is 3.59. The molecule has 1 saturated heterocycles. The summed E-state index contributed by atoms with van der Waals surface area (Å²) >= 11 is 0. The Labute approximate surface area is 136 Å². The zero-order valence-corrected chi connectivity index (χ0v) is 14.3. The summed E-state index contributed by atoms with van der Waals surface area (Å²) in [6.45, 7) is 7.20. The molecule has 2 rings (SSSR count). The first-order valence-electron chi connectivity index (χ1n) is 7.78. The molecule has 0 atom stereocenters. The quantitative estimate of drug-likeness (QED) is 0.641. The minimum atomic E-state index is -0.425. The number of aromatic amines is 1. The number of nitrogens with zero attached hydrogens (tertiary/aromatic N) is 2. The van der Waals surface area contributed by atoms with Gasteiger partial charge in [0.25, 0.3) is 5.91 Å². The van der Waals surface area contributed by atoms with Gasteiger partial charge >= 0.3 is 5.97 Å². The summed E-state index contributed by atoms with van der Waals surface area (Å²) in [5.74, 6) is -0.486. The van der Waals surface area contributed by atoms with Crippen molar-refractivity contribution in [3.05, 3.63) is 22.5 Å². The third-order valence-electron chi connectivity index (χ3n) is 4.17. The average Bonchev–Trinajstić information content (AvgIpc) is 2.82. The predicted octanol–water partition coefficient (Wildman–Crippen LogP) is 0.822. The van der Waals surface area contributed by atoms with Gasteiger partial charge in [-0.15, -0.1) is 0 Å². The van der Waals surface area contributed by atoms with E-state index in [0.29, 0.717) is 42.2 Å². The summed E-state index contributed by atoms with van der Waals surface area (Å²) < 4.78 is 10.0. The molecule has 1 N–H and O–H groups in total. The molecular formula is C16H25N3O4. The van der Waals surface area contributed by atoms with Gasteiger partial charge in [0.1, 0.15) is 12.3 Å². The maximum absolute atomic E-state index is 12.7. The van der Waals surface area contributed by atoms with Crippen molar-refractivity contribution in [1.29, 1.82) is 0 Å². The average molecular weight is 323 g/mol. The van der Waals surface area contributed by atoms with E-state index in [9.17, 15) is 9.59 Å². The van der Waals surface area contributed by atoms with Gasteiger partial charge in [-0.05, 0) is 26.5 Å². The Hall–Kier alpha value is -1.86. The molecule has 0 spiro atoms. The lowest BCUT2D eigenvalue weighted by Crippen LogP contribution is -2.47. The zero-order valence-electron chi connectivity index (χ0n) is 14.3. The third kappa shape index (κ3) is 3.92. The van der Waals surface area contributed by atoms with Gasteiger partial charge in [-0.25, -0.2) is 4.79 Å². The molecule has 0 bridgehead atoms. The van der Waals surface area contributed by atoms with Crippen LogP contribution in [0.2, 0.25) is 0 Å². The minimum absolute atomic E-state index is 0.0605. The van der Waals surface area contributed by atoms with Crippen LogP contribution in [0, 0.1) is 13.8 Å². The van der Waals surface area contributed by atoms with Gasteiger partial charge in [-0.3, -0.25) is 4.79 Å². The van der Waals surface area contributed by atoms with E-state index in [0.717, 1.165) is 13.1 Å². The fraction of sp³-hybridized carbons (Fsp3) is 0.625. The van der Waals surface area contributed by atoms with Gasteiger partial charge < -0.3 is 24.3 Å². The highest BCUT2D eigenvalue weighted by Crippen LogP contribution is 2.21. The summed E-state index contributed by atoms with van der Waals surface area (Å²) in [5, 5.41) is 0. The van der Waals surface area contributed by atoms with Crippen molar-refractivity contribution in [3.63, 3.8) is 0 Å². The second kappa shape index (κ2) is 7.61. The van der Waals surface area contributed by atoms with Crippen LogP contribution in [0.15, 0.2) is 0 Å². The highest BCUT2D eigenvalue weighted by Gasteiger charge is 2.27. The topological polar surface area (TPSA) is 74.9 Å². The van der Waals surface area contributed by atoms with Crippen LogP contribution < -0.4 is 0 Å². The highest BCUT2D eigenvalue weighted by atomic mass is 16.6. The molecule has 1 aliphatic heterocycles. The smallest absolute Gasteiger partial charge is 0.340 e. The van der Waals surface area contributed by atoms with E-state index < -0.39 is 5.97 Å². The van der Waals surface area contributed by atoms with Crippen molar-refractivity contribution in [2.45, 2.75) is 13.8 Å². The number of amides is 1. The van der Waals surface area contributed by atoms with Crippen LogP contribution in [0.4, 0.5) is 0 Å². The molecule has 0 unspecified atom stereocenters. The van der Waals surface area contributed by atoms with Crippen molar-refractivity contribution in [2.75, 3.05) is 53.6 Å². The van der Waals surface area contributed by atoms with Crippen LogP contribution in [0.25, 0.3) is 0 Å². The molecule has 1 fully saturated rings. The highest BCUT2D eigenvalue weighted by molar-refractivity contribution is 6.00. The molecule has 0 saturated carbocycles. The van der Waals surface area contributed by atoms with Crippen molar-refractivity contribution >= 4 is 11.9 Å². The van der Waals surface area contributed by atoms with Gasteiger partial charge in [0.05, 0.1) is 12.2 Å². The summed E-state index contributed by atoms with van der Waals surface area (Å²) in [6, 6.07) is 0. The Kier molecular flexibility index (Phi) is 5.79. The first-order chi connectivity index (χ1) is 11.0. The van der Waals surface area contributed by atoms with E-state index in [-0.39, 0.29) is 12.5 Å². The van der Waals surface area contributed by atoms with E-state index in [4.69, 9.17) is 9.47 Å². The minimum Gasteiger partial charge on any atom is -0.460 e. The number of carbonyl (C=O) groups excluding carboxylic acids is 2. The molecule has 1 aliphatic rings. The molecule has 7 heteroatoms. The molecule has 0 aliphatic carbocycles. The van der Waals surface area contributed by atoms with E-state index in [1.165, 1.54) is 0 Å². The molecule has 23 heavy (non-hydrogen) atoms. The molecule has 1 amide bonds. The number of methoxy groups -OCH3 is 1.